The predicted molar refractivity (Wildman–Crippen MR) is 54.9 cm³/mol. The van der Waals surface area contributed by atoms with Gasteiger partial charge in [-0.2, -0.15) is 0 Å². The van der Waals surface area contributed by atoms with E-state index in [1.54, 1.807) is 0 Å². The minimum absolute atomic E-state index is 0.276. The smallest absolute Gasteiger partial charge is 0.303 e. The molecule has 0 radical (unpaired) electrons. The molecule has 0 atom stereocenters. The van der Waals surface area contributed by atoms with E-state index in [-0.39, 0.29) is 6.42 Å². The van der Waals surface area contributed by atoms with Crippen molar-refractivity contribution in [3.63, 3.8) is 0 Å². The molecule has 0 spiro atoms. The van der Waals surface area contributed by atoms with Gasteiger partial charge in [-0.25, -0.2) is 0 Å². The van der Waals surface area contributed by atoms with Crippen LogP contribution in [0.1, 0.15) is 38.5 Å². The largest absolute Gasteiger partial charge is 0.481 e. The van der Waals surface area contributed by atoms with Gasteiger partial charge < -0.3 is 5.11 Å². The summed E-state index contributed by atoms with van der Waals surface area (Å²) in [6, 6.07) is 0. The Morgan fingerprint density at radius 2 is 1.86 bits per heavy atom. The number of allylic oxidation sites excluding steroid dienone is 2. The third-order valence-corrected chi connectivity index (χ3v) is 3.22. The van der Waals surface area contributed by atoms with Gasteiger partial charge in [0.1, 0.15) is 0 Å². The molecule has 0 amide bonds. The summed E-state index contributed by atoms with van der Waals surface area (Å²) < 4.78 is 0. The first-order valence-corrected chi connectivity index (χ1v) is 5.66. The van der Waals surface area contributed by atoms with E-state index in [9.17, 15) is 4.79 Å². The molecule has 0 aromatic rings. The molecule has 2 heteroatoms. The molecule has 0 aromatic heterocycles. The van der Waals surface area contributed by atoms with Crippen LogP contribution >= 0.6 is 0 Å². The van der Waals surface area contributed by atoms with Crippen molar-refractivity contribution in [1.29, 1.82) is 0 Å². The second-order valence-electron chi connectivity index (χ2n) is 4.61. The zero-order valence-electron chi connectivity index (χ0n) is 8.48. The van der Waals surface area contributed by atoms with Gasteiger partial charge >= 0.3 is 5.97 Å². The Morgan fingerprint density at radius 1 is 1.29 bits per heavy atom. The van der Waals surface area contributed by atoms with Gasteiger partial charge in [0.2, 0.25) is 0 Å². The molecule has 2 aliphatic rings. The fourth-order valence-electron chi connectivity index (χ4n) is 2.12. The van der Waals surface area contributed by atoms with Crippen molar-refractivity contribution in [2.45, 2.75) is 38.5 Å². The molecule has 0 saturated heterocycles. The van der Waals surface area contributed by atoms with Gasteiger partial charge in [0, 0.05) is 6.42 Å². The minimum atomic E-state index is -0.691. The van der Waals surface area contributed by atoms with E-state index in [1.807, 2.05) is 0 Å². The van der Waals surface area contributed by atoms with E-state index >= 15 is 0 Å². The van der Waals surface area contributed by atoms with Crippen molar-refractivity contribution in [2.24, 2.45) is 17.8 Å². The van der Waals surface area contributed by atoms with Crippen LogP contribution in [-0.4, -0.2) is 11.1 Å². The van der Waals surface area contributed by atoms with Crippen molar-refractivity contribution in [3.8, 4) is 0 Å². The summed E-state index contributed by atoms with van der Waals surface area (Å²) in [5.74, 6) is 1.96. The monoisotopic (exact) mass is 194 g/mol. The number of rotatable bonds is 6. The Balaban J connectivity index is 1.72. The van der Waals surface area contributed by atoms with Crippen LogP contribution in [0.25, 0.3) is 0 Å². The molecule has 2 aliphatic carbocycles. The highest BCUT2D eigenvalue weighted by Crippen LogP contribution is 2.49. The fraction of sp³-hybridized carbons (Fsp3) is 0.750. The number of aliphatic carboxylic acids is 1. The summed E-state index contributed by atoms with van der Waals surface area (Å²) in [6.07, 6.45) is 10.9. The van der Waals surface area contributed by atoms with Crippen molar-refractivity contribution >= 4 is 5.97 Å². The Bertz CT molecular complexity index is 225. The van der Waals surface area contributed by atoms with Crippen LogP contribution in [0.2, 0.25) is 0 Å². The normalized spacial score (nSPS) is 22.1. The standard InChI is InChI=1S/C12H18O2/c13-12(14)4-2-1-3-11(9-5-6-9)10-7-8-10/h1,3,9-11H,2,4-8H2,(H,13,14)/b3-1+. The molecule has 14 heavy (non-hydrogen) atoms. The van der Waals surface area contributed by atoms with Gasteiger partial charge in [-0.1, -0.05) is 12.2 Å². The molecule has 0 bridgehead atoms. The number of carbonyl (C=O) groups is 1. The highest BCUT2D eigenvalue weighted by molar-refractivity contribution is 5.66. The van der Waals surface area contributed by atoms with E-state index < -0.39 is 5.97 Å². The summed E-state index contributed by atoms with van der Waals surface area (Å²) in [7, 11) is 0. The molecular weight excluding hydrogens is 176 g/mol. The first-order valence-electron chi connectivity index (χ1n) is 5.66. The van der Waals surface area contributed by atoms with E-state index in [4.69, 9.17) is 5.11 Å². The van der Waals surface area contributed by atoms with Gasteiger partial charge in [-0.05, 0) is 49.9 Å². The van der Waals surface area contributed by atoms with Crippen LogP contribution in [0.15, 0.2) is 12.2 Å². The first kappa shape index (κ1) is 9.75. The number of hydrogen-bond acceptors (Lipinski definition) is 1. The lowest BCUT2D eigenvalue weighted by atomic mass is 9.97. The quantitative estimate of drug-likeness (QED) is 0.660. The second-order valence-corrected chi connectivity index (χ2v) is 4.61. The van der Waals surface area contributed by atoms with Gasteiger partial charge in [-0.15, -0.1) is 0 Å². The minimum Gasteiger partial charge on any atom is -0.481 e. The predicted octanol–water partition coefficient (Wildman–Crippen LogP) is 2.84. The maximum atomic E-state index is 10.3. The van der Waals surface area contributed by atoms with Crippen LogP contribution in [-0.2, 0) is 4.79 Å². The van der Waals surface area contributed by atoms with Crippen LogP contribution < -0.4 is 0 Å². The Morgan fingerprint density at radius 3 is 2.29 bits per heavy atom. The molecule has 2 nitrogen and oxygen atoms in total. The zero-order chi connectivity index (χ0) is 9.97. The summed E-state index contributed by atoms with van der Waals surface area (Å²) in [5.41, 5.74) is 0. The molecule has 0 aromatic carbocycles. The molecule has 0 heterocycles. The molecule has 2 fully saturated rings. The van der Waals surface area contributed by atoms with Gasteiger partial charge in [-0.3, -0.25) is 4.79 Å². The average molecular weight is 194 g/mol. The summed E-state index contributed by atoms with van der Waals surface area (Å²) in [6.45, 7) is 0. The maximum absolute atomic E-state index is 10.3. The molecule has 0 unspecified atom stereocenters. The van der Waals surface area contributed by atoms with Crippen molar-refractivity contribution in [3.05, 3.63) is 12.2 Å². The van der Waals surface area contributed by atoms with E-state index in [1.165, 1.54) is 25.7 Å². The lowest BCUT2D eigenvalue weighted by Gasteiger charge is -2.08. The second kappa shape index (κ2) is 4.16. The van der Waals surface area contributed by atoms with Crippen molar-refractivity contribution < 1.29 is 9.90 Å². The maximum Gasteiger partial charge on any atom is 0.303 e. The van der Waals surface area contributed by atoms with E-state index in [0.717, 1.165) is 17.8 Å². The number of hydrogen-bond donors (Lipinski definition) is 1. The van der Waals surface area contributed by atoms with Gasteiger partial charge in [0.25, 0.3) is 0 Å². The Kier molecular flexibility index (Phi) is 2.90. The van der Waals surface area contributed by atoms with Crippen molar-refractivity contribution in [1.82, 2.24) is 0 Å². The molecule has 78 valence electrons. The van der Waals surface area contributed by atoms with Crippen LogP contribution in [0, 0.1) is 17.8 Å². The van der Waals surface area contributed by atoms with Crippen molar-refractivity contribution in [2.75, 3.05) is 0 Å². The lowest BCUT2D eigenvalue weighted by molar-refractivity contribution is -0.136. The van der Waals surface area contributed by atoms with Gasteiger partial charge in [0.15, 0.2) is 0 Å². The van der Waals surface area contributed by atoms with E-state index in [2.05, 4.69) is 12.2 Å². The van der Waals surface area contributed by atoms with Crippen LogP contribution in [0.3, 0.4) is 0 Å². The van der Waals surface area contributed by atoms with E-state index in [0.29, 0.717) is 6.42 Å². The molecule has 1 N–H and O–H groups in total. The van der Waals surface area contributed by atoms with Crippen LogP contribution in [0.4, 0.5) is 0 Å². The Labute approximate surface area is 85.0 Å². The highest BCUT2D eigenvalue weighted by Gasteiger charge is 2.39. The Hall–Kier alpha value is -0.790. The molecule has 2 rings (SSSR count). The fourth-order valence-corrected chi connectivity index (χ4v) is 2.12. The average Bonchev–Trinajstić information content (AvgIpc) is 2.99. The zero-order valence-corrected chi connectivity index (χ0v) is 8.48. The van der Waals surface area contributed by atoms with Gasteiger partial charge in [0.05, 0.1) is 0 Å². The number of carboxylic acids is 1. The third-order valence-electron chi connectivity index (χ3n) is 3.22. The SMILES string of the molecule is O=C(O)CC/C=C/C(C1CC1)C1CC1. The first-order chi connectivity index (χ1) is 6.77. The lowest BCUT2D eigenvalue weighted by Crippen LogP contribution is -2.01. The molecule has 2 saturated carbocycles. The summed E-state index contributed by atoms with van der Waals surface area (Å²) >= 11 is 0. The number of carboxylic acid groups (broad SMARTS) is 1. The molecule has 0 aliphatic heterocycles. The summed E-state index contributed by atoms with van der Waals surface area (Å²) in [4.78, 5) is 10.3. The topological polar surface area (TPSA) is 37.3 Å². The highest BCUT2D eigenvalue weighted by atomic mass is 16.4. The summed E-state index contributed by atoms with van der Waals surface area (Å²) in [5, 5.41) is 8.49. The third kappa shape index (κ3) is 2.86. The molecular formula is C12H18O2. The van der Waals surface area contributed by atoms with Crippen LogP contribution in [0.5, 0.6) is 0 Å².